The molecule has 0 saturated carbocycles. The van der Waals surface area contributed by atoms with Crippen molar-refractivity contribution in [1.29, 1.82) is 0 Å². The van der Waals surface area contributed by atoms with Gasteiger partial charge in [0.05, 0.1) is 0 Å². The lowest BCUT2D eigenvalue weighted by Crippen LogP contribution is -2.23. The fourth-order valence-corrected chi connectivity index (χ4v) is 3.23. The lowest BCUT2D eigenvalue weighted by Gasteiger charge is -2.10. The SMILES string of the molecule is O=C(NCc1cccnc1)c1ccc2c3c(cccc13)CC2. The third-order valence-electron chi connectivity index (χ3n) is 4.30. The minimum Gasteiger partial charge on any atom is -0.348 e. The van der Waals surface area contributed by atoms with E-state index < -0.39 is 0 Å². The molecule has 1 amide bonds. The number of amides is 1. The zero-order chi connectivity index (χ0) is 14.9. The Morgan fingerprint density at radius 3 is 2.73 bits per heavy atom. The van der Waals surface area contributed by atoms with Gasteiger partial charge in [0.25, 0.3) is 5.91 Å². The number of rotatable bonds is 3. The van der Waals surface area contributed by atoms with Crippen LogP contribution in [-0.4, -0.2) is 10.9 Å². The van der Waals surface area contributed by atoms with Gasteiger partial charge in [-0.15, -0.1) is 0 Å². The highest BCUT2D eigenvalue weighted by molar-refractivity contribution is 6.09. The molecule has 0 saturated heterocycles. The van der Waals surface area contributed by atoms with Gasteiger partial charge in [0.15, 0.2) is 0 Å². The molecule has 0 aliphatic heterocycles. The van der Waals surface area contributed by atoms with Crippen LogP contribution >= 0.6 is 0 Å². The Labute approximate surface area is 129 Å². The van der Waals surface area contributed by atoms with E-state index in [2.05, 4.69) is 22.4 Å². The lowest BCUT2D eigenvalue weighted by molar-refractivity contribution is 0.0952. The number of nitrogens with zero attached hydrogens (tertiary/aromatic N) is 1. The van der Waals surface area contributed by atoms with E-state index in [-0.39, 0.29) is 5.91 Å². The zero-order valence-electron chi connectivity index (χ0n) is 12.2. The summed E-state index contributed by atoms with van der Waals surface area (Å²) in [5, 5.41) is 5.33. The molecule has 1 heterocycles. The Bertz CT molecular complexity index is 846. The maximum Gasteiger partial charge on any atom is 0.252 e. The number of benzene rings is 2. The molecular weight excluding hydrogens is 272 g/mol. The number of pyridine rings is 1. The van der Waals surface area contributed by atoms with Gasteiger partial charge in [0.2, 0.25) is 0 Å². The van der Waals surface area contributed by atoms with Gasteiger partial charge in [-0.2, -0.15) is 0 Å². The average molecular weight is 288 g/mol. The van der Waals surface area contributed by atoms with Crippen LogP contribution in [0, 0.1) is 0 Å². The third-order valence-corrected chi connectivity index (χ3v) is 4.30. The molecule has 108 valence electrons. The molecule has 3 aromatic rings. The first-order valence-electron chi connectivity index (χ1n) is 7.53. The molecule has 22 heavy (non-hydrogen) atoms. The number of hydrogen-bond acceptors (Lipinski definition) is 2. The zero-order valence-corrected chi connectivity index (χ0v) is 12.2. The van der Waals surface area contributed by atoms with E-state index in [1.807, 2.05) is 30.3 Å². The van der Waals surface area contributed by atoms with Crippen molar-refractivity contribution in [3.05, 3.63) is 77.1 Å². The van der Waals surface area contributed by atoms with Crippen molar-refractivity contribution in [2.75, 3.05) is 0 Å². The highest BCUT2D eigenvalue weighted by Gasteiger charge is 2.18. The first-order valence-corrected chi connectivity index (χ1v) is 7.53. The number of aryl methyl sites for hydroxylation is 2. The van der Waals surface area contributed by atoms with E-state index in [1.165, 1.54) is 16.5 Å². The van der Waals surface area contributed by atoms with Crippen LogP contribution in [0.5, 0.6) is 0 Å². The number of carbonyl (C=O) groups is 1. The molecule has 0 bridgehead atoms. The van der Waals surface area contributed by atoms with Crippen LogP contribution in [0.3, 0.4) is 0 Å². The van der Waals surface area contributed by atoms with Crippen molar-refractivity contribution in [1.82, 2.24) is 10.3 Å². The Hall–Kier alpha value is -2.68. The quantitative estimate of drug-likeness (QED) is 0.803. The molecule has 0 atom stereocenters. The maximum atomic E-state index is 12.5. The molecule has 3 heteroatoms. The normalized spacial score (nSPS) is 12.5. The van der Waals surface area contributed by atoms with E-state index in [9.17, 15) is 4.79 Å². The summed E-state index contributed by atoms with van der Waals surface area (Å²) in [7, 11) is 0. The van der Waals surface area contributed by atoms with Crippen molar-refractivity contribution in [3.8, 4) is 0 Å². The van der Waals surface area contributed by atoms with Gasteiger partial charge in [-0.25, -0.2) is 0 Å². The van der Waals surface area contributed by atoms with Crippen LogP contribution < -0.4 is 5.32 Å². The van der Waals surface area contributed by atoms with Gasteiger partial charge in [-0.05, 0) is 52.4 Å². The summed E-state index contributed by atoms with van der Waals surface area (Å²) in [4.78, 5) is 16.6. The summed E-state index contributed by atoms with van der Waals surface area (Å²) in [6.45, 7) is 0.496. The second kappa shape index (κ2) is 5.26. The molecule has 1 aliphatic rings. The second-order valence-electron chi connectivity index (χ2n) is 5.66. The van der Waals surface area contributed by atoms with E-state index >= 15 is 0 Å². The number of carbonyl (C=O) groups excluding carboxylic acids is 1. The van der Waals surface area contributed by atoms with Crippen LogP contribution in [-0.2, 0) is 19.4 Å². The van der Waals surface area contributed by atoms with Crippen molar-refractivity contribution in [2.24, 2.45) is 0 Å². The maximum absolute atomic E-state index is 12.5. The first kappa shape index (κ1) is 13.0. The third kappa shape index (κ3) is 2.15. The molecule has 1 aromatic heterocycles. The Morgan fingerprint density at radius 1 is 1.05 bits per heavy atom. The fourth-order valence-electron chi connectivity index (χ4n) is 3.23. The van der Waals surface area contributed by atoms with Crippen LogP contribution in [0.1, 0.15) is 27.0 Å². The topological polar surface area (TPSA) is 42.0 Å². The van der Waals surface area contributed by atoms with Crippen LogP contribution in [0.4, 0.5) is 0 Å². The van der Waals surface area contributed by atoms with Crippen LogP contribution in [0.25, 0.3) is 10.8 Å². The molecule has 0 radical (unpaired) electrons. The number of hydrogen-bond donors (Lipinski definition) is 1. The van der Waals surface area contributed by atoms with Crippen molar-refractivity contribution in [3.63, 3.8) is 0 Å². The van der Waals surface area contributed by atoms with E-state index in [4.69, 9.17) is 0 Å². The van der Waals surface area contributed by atoms with Crippen LogP contribution in [0.15, 0.2) is 54.9 Å². The van der Waals surface area contributed by atoms with Gasteiger partial charge < -0.3 is 5.32 Å². The summed E-state index contributed by atoms with van der Waals surface area (Å²) < 4.78 is 0. The van der Waals surface area contributed by atoms with Crippen molar-refractivity contribution in [2.45, 2.75) is 19.4 Å². The smallest absolute Gasteiger partial charge is 0.252 e. The summed E-state index contributed by atoms with van der Waals surface area (Å²) in [5.74, 6) is -0.0283. The van der Waals surface area contributed by atoms with E-state index in [1.54, 1.807) is 12.4 Å². The molecule has 0 fully saturated rings. The summed E-state index contributed by atoms with van der Waals surface area (Å²) >= 11 is 0. The Kier molecular flexibility index (Phi) is 3.11. The molecule has 4 rings (SSSR count). The Morgan fingerprint density at radius 2 is 1.91 bits per heavy atom. The van der Waals surface area contributed by atoms with Crippen LogP contribution in [0.2, 0.25) is 0 Å². The highest BCUT2D eigenvalue weighted by Crippen LogP contribution is 2.32. The molecule has 1 N–H and O–H groups in total. The number of nitrogens with one attached hydrogen (secondary N) is 1. The Balaban J connectivity index is 1.66. The molecule has 0 unspecified atom stereocenters. The molecule has 2 aromatic carbocycles. The van der Waals surface area contributed by atoms with Gasteiger partial charge in [-0.1, -0.05) is 30.3 Å². The lowest BCUT2D eigenvalue weighted by atomic mass is 9.99. The molecular formula is C19H16N2O. The summed E-state index contributed by atoms with van der Waals surface area (Å²) in [6, 6.07) is 14.1. The van der Waals surface area contributed by atoms with Gasteiger partial charge in [0.1, 0.15) is 0 Å². The van der Waals surface area contributed by atoms with Gasteiger partial charge >= 0.3 is 0 Å². The second-order valence-corrected chi connectivity index (χ2v) is 5.66. The minimum absolute atomic E-state index is 0.0283. The van der Waals surface area contributed by atoms with E-state index in [0.717, 1.165) is 29.4 Å². The van der Waals surface area contributed by atoms with Gasteiger partial charge in [0, 0.05) is 24.5 Å². The van der Waals surface area contributed by atoms with Gasteiger partial charge in [-0.3, -0.25) is 9.78 Å². The monoisotopic (exact) mass is 288 g/mol. The number of aromatic nitrogens is 1. The standard InChI is InChI=1S/C19H16N2O/c22-19(21-12-13-3-2-10-20-11-13)17-9-8-15-7-6-14-4-1-5-16(17)18(14)15/h1-5,8-11H,6-7,12H2,(H,21,22). The predicted molar refractivity (Wildman–Crippen MR) is 86.8 cm³/mol. The summed E-state index contributed by atoms with van der Waals surface area (Å²) in [6.07, 6.45) is 5.66. The molecule has 1 aliphatic carbocycles. The summed E-state index contributed by atoms with van der Waals surface area (Å²) in [5.41, 5.74) is 4.47. The fraction of sp³-hybridized carbons (Fsp3) is 0.158. The average Bonchev–Trinajstić information content (AvgIpc) is 2.99. The highest BCUT2D eigenvalue weighted by atomic mass is 16.1. The molecule has 0 spiro atoms. The first-order chi connectivity index (χ1) is 10.8. The minimum atomic E-state index is -0.0283. The van der Waals surface area contributed by atoms with Crippen molar-refractivity contribution >= 4 is 16.7 Å². The molecule has 3 nitrogen and oxygen atoms in total. The van der Waals surface area contributed by atoms with E-state index in [0.29, 0.717) is 6.54 Å². The predicted octanol–water partition coefficient (Wildman–Crippen LogP) is 3.26. The largest absolute Gasteiger partial charge is 0.348 e. The van der Waals surface area contributed by atoms with Crippen molar-refractivity contribution < 1.29 is 4.79 Å².